The molecule has 0 amide bonds. The Labute approximate surface area is 111 Å². The average Bonchev–Trinajstić information content (AvgIpc) is 2.37. The molecule has 0 radical (unpaired) electrons. The third kappa shape index (κ3) is 8.25. The standard InChI is InChI=1S/C7H6OS.C6H9NO2/c8-7(9)6-4-2-1-3-5-6;1-5(4-7)2-3-6(8)9/h1-5H,(H,8,9);5H,2-3H2,1H3,(H,8,9). The van der Waals surface area contributed by atoms with E-state index in [-0.39, 0.29) is 17.4 Å². The van der Waals surface area contributed by atoms with Crippen LogP contribution in [0.5, 0.6) is 0 Å². The van der Waals surface area contributed by atoms with Crippen LogP contribution < -0.4 is 0 Å². The molecule has 0 aromatic heterocycles. The van der Waals surface area contributed by atoms with Gasteiger partial charge in [-0.3, -0.25) is 4.79 Å². The molecule has 1 atom stereocenters. The summed E-state index contributed by atoms with van der Waals surface area (Å²) < 4.78 is 0. The lowest BCUT2D eigenvalue weighted by Gasteiger charge is -1.95. The van der Waals surface area contributed by atoms with E-state index in [0.717, 1.165) is 0 Å². The van der Waals surface area contributed by atoms with Gasteiger partial charge in [0, 0.05) is 17.9 Å². The van der Waals surface area contributed by atoms with Crippen LogP contribution in [0.25, 0.3) is 0 Å². The maximum Gasteiger partial charge on any atom is 0.303 e. The van der Waals surface area contributed by atoms with E-state index in [0.29, 0.717) is 12.0 Å². The molecule has 96 valence electrons. The number of aliphatic hydroxyl groups is 1. The van der Waals surface area contributed by atoms with E-state index in [2.05, 4.69) is 12.2 Å². The van der Waals surface area contributed by atoms with Gasteiger partial charge < -0.3 is 10.2 Å². The third-order valence-electron chi connectivity index (χ3n) is 2.03. The van der Waals surface area contributed by atoms with Gasteiger partial charge in [-0.1, -0.05) is 30.3 Å². The molecule has 0 bridgehead atoms. The molecule has 18 heavy (non-hydrogen) atoms. The van der Waals surface area contributed by atoms with Crippen molar-refractivity contribution in [2.24, 2.45) is 5.92 Å². The number of nitriles is 1. The number of hydrogen-bond donors (Lipinski definition) is 2. The lowest BCUT2D eigenvalue weighted by atomic mass is 10.1. The van der Waals surface area contributed by atoms with Gasteiger partial charge in [0.25, 0.3) is 0 Å². The van der Waals surface area contributed by atoms with Crippen molar-refractivity contribution < 1.29 is 15.0 Å². The fourth-order valence-electron chi connectivity index (χ4n) is 0.985. The predicted octanol–water partition coefficient (Wildman–Crippen LogP) is 2.93. The Hall–Kier alpha value is -1.93. The highest BCUT2D eigenvalue weighted by Crippen LogP contribution is 2.02. The van der Waals surface area contributed by atoms with Crippen molar-refractivity contribution in [2.45, 2.75) is 19.8 Å². The van der Waals surface area contributed by atoms with Crippen LogP contribution in [0.15, 0.2) is 30.3 Å². The number of hydrogen-bond acceptors (Lipinski definition) is 3. The fourth-order valence-corrected chi connectivity index (χ4v) is 1.12. The summed E-state index contributed by atoms with van der Waals surface area (Å²) >= 11 is 4.52. The number of benzene rings is 1. The highest BCUT2D eigenvalue weighted by molar-refractivity contribution is 7.80. The molecule has 0 aliphatic carbocycles. The van der Waals surface area contributed by atoms with Crippen molar-refractivity contribution in [3.8, 4) is 6.07 Å². The van der Waals surface area contributed by atoms with Crippen molar-refractivity contribution in [1.82, 2.24) is 0 Å². The van der Waals surface area contributed by atoms with Crippen LogP contribution in [0.2, 0.25) is 0 Å². The maximum atomic E-state index is 9.91. The first-order valence-electron chi connectivity index (χ1n) is 5.37. The van der Waals surface area contributed by atoms with Gasteiger partial charge in [0.2, 0.25) is 0 Å². The van der Waals surface area contributed by atoms with Crippen molar-refractivity contribution in [3.05, 3.63) is 35.9 Å². The van der Waals surface area contributed by atoms with E-state index >= 15 is 0 Å². The van der Waals surface area contributed by atoms with Crippen LogP contribution in [-0.4, -0.2) is 21.2 Å². The highest BCUT2D eigenvalue weighted by atomic mass is 32.1. The summed E-state index contributed by atoms with van der Waals surface area (Å²) in [6.45, 7) is 1.71. The summed E-state index contributed by atoms with van der Waals surface area (Å²) in [5.41, 5.74) is 0.701. The van der Waals surface area contributed by atoms with Gasteiger partial charge in [-0.25, -0.2) is 0 Å². The number of carboxylic acid groups (broad SMARTS) is 1. The van der Waals surface area contributed by atoms with Crippen LogP contribution in [0, 0.1) is 17.2 Å². The third-order valence-corrected chi connectivity index (χ3v) is 2.27. The second-order valence-electron chi connectivity index (χ2n) is 3.63. The molecule has 0 saturated carbocycles. The molecule has 0 heterocycles. The van der Waals surface area contributed by atoms with Crippen molar-refractivity contribution >= 4 is 23.2 Å². The van der Waals surface area contributed by atoms with Crippen LogP contribution in [0.3, 0.4) is 0 Å². The SMILES string of the molecule is CC(C#N)CCC(=O)O.OC(=S)c1ccccc1. The summed E-state index contributed by atoms with van der Waals surface area (Å²) in [6, 6.07) is 11.0. The first-order chi connectivity index (χ1) is 8.47. The van der Waals surface area contributed by atoms with Crippen LogP contribution >= 0.6 is 12.2 Å². The number of thiocarbonyl (C=S) groups is 1. The van der Waals surface area contributed by atoms with E-state index in [9.17, 15) is 4.79 Å². The number of carboxylic acids is 1. The second kappa shape index (κ2) is 9.14. The van der Waals surface area contributed by atoms with E-state index in [1.54, 1.807) is 19.1 Å². The monoisotopic (exact) mass is 265 g/mol. The molecule has 0 saturated heterocycles. The summed E-state index contributed by atoms with van der Waals surface area (Å²) in [7, 11) is 0. The van der Waals surface area contributed by atoms with E-state index in [4.69, 9.17) is 15.5 Å². The predicted molar refractivity (Wildman–Crippen MR) is 72.4 cm³/mol. The quantitative estimate of drug-likeness (QED) is 0.818. The molecule has 2 N–H and O–H groups in total. The second-order valence-corrected chi connectivity index (χ2v) is 4.02. The largest absolute Gasteiger partial charge is 0.499 e. The summed E-state index contributed by atoms with van der Waals surface area (Å²) in [6.07, 6.45) is 0.542. The molecule has 1 unspecified atom stereocenters. The Bertz CT molecular complexity index is 426. The van der Waals surface area contributed by atoms with Gasteiger partial charge >= 0.3 is 5.97 Å². The van der Waals surface area contributed by atoms with Gasteiger partial charge in [0.15, 0.2) is 5.05 Å². The molecule has 0 aliphatic rings. The molecule has 4 nitrogen and oxygen atoms in total. The fraction of sp³-hybridized carbons (Fsp3) is 0.308. The van der Waals surface area contributed by atoms with Crippen LogP contribution in [0.4, 0.5) is 0 Å². The minimum absolute atomic E-state index is 0.0457. The van der Waals surface area contributed by atoms with E-state index in [1.165, 1.54) is 0 Å². The highest BCUT2D eigenvalue weighted by Gasteiger charge is 2.02. The van der Waals surface area contributed by atoms with Gasteiger partial charge in [0.05, 0.1) is 6.07 Å². The zero-order valence-corrected chi connectivity index (χ0v) is 10.9. The van der Waals surface area contributed by atoms with Gasteiger partial charge in [0.1, 0.15) is 0 Å². The van der Waals surface area contributed by atoms with Crippen molar-refractivity contribution in [1.29, 1.82) is 5.26 Å². The lowest BCUT2D eigenvalue weighted by Crippen LogP contribution is -1.98. The first-order valence-corrected chi connectivity index (χ1v) is 5.78. The summed E-state index contributed by atoms with van der Waals surface area (Å²) in [5, 5.41) is 25.1. The molecular weight excluding hydrogens is 250 g/mol. The number of aliphatic carboxylic acids is 1. The average molecular weight is 265 g/mol. The summed E-state index contributed by atoms with van der Waals surface area (Å²) in [4.78, 5) is 9.91. The Morgan fingerprint density at radius 1 is 1.39 bits per heavy atom. The van der Waals surface area contributed by atoms with Crippen molar-refractivity contribution in [2.75, 3.05) is 0 Å². The Morgan fingerprint density at radius 2 is 1.94 bits per heavy atom. The molecular formula is C13H15NO3S. The summed E-state index contributed by atoms with van der Waals surface area (Å²) in [5.74, 6) is -0.974. The molecule has 0 spiro atoms. The topological polar surface area (TPSA) is 81.3 Å². The Balaban J connectivity index is 0.000000321. The zero-order chi connectivity index (χ0) is 14.0. The molecule has 1 aromatic rings. The van der Waals surface area contributed by atoms with Gasteiger partial charge in [-0.15, -0.1) is 0 Å². The minimum atomic E-state index is -0.836. The Morgan fingerprint density at radius 3 is 2.28 bits per heavy atom. The number of nitrogens with zero attached hydrogens (tertiary/aromatic N) is 1. The number of carbonyl (C=O) groups is 1. The van der Waals surface area contributed by atoms with E-state index < -0.39 is 5.97 Å². The number of aliphatic hydroxyl groups excluding tert-OH is 1. The molecule has 0 fully saturated rings. The van der Waals surface area contributed by atoms with Crippen LogP contribution in [0.1, 0.15) is 25.3 Å². The molecule has 5 heteroatoms. The van der Waals surface area contributed by atoms with Crippen LogP contribution in [-0.2, 0) is 4.79 Å². The molecule has 1 rings (SSSR count). The minimum Gasteiger partial charge on any atom is -0.499 e. The van der Waals surface area contributed by atoms with Gasteiger partial charge in [-0.05, 0) is 25.6 Å². The number of rotatable bonds is 4. The molecule has 0 aliphatic heterocycles. The molecule has 1 aromatic carbocycles. The smallest absolute Gasteiger partial charge is 0.303 e. The van der Waals surface area contributed by atoms with Crippen molar-refractivity contribution in [3.63, 3.8) is 0 Å². The maximum absolute atomic E-state index is 9.91. The van der Waals surface area contributed by atoms with Gasteiger partial charge in [-0.2, -0.15) is 5.26 Å². The lowest BCUT2D eigenvalue weighted by molar-refractivity contribution is -0.137. The Kier molecular flexibility index (Phi) is 8.16. The zero-order valence-electron chi connectivity index (χ0n) is 10.0. The van der Waals surface area contributed by atoms with E-state index in [1.807, 2.05) is 24.3 Å². The normalized spacial score (nSPS) is 10.4. The first kappa shape index (κ1) is 16.1.